The fourth-order valence-corrected chi connectivity index (χ4v) is 3.80. The Hall–Kier alpha value is -2.40. The molecule has 5 heteroatoms. The minimum Gasteiger partial charge on any atom is -0.382 e. The molecule has 0 bridgehead atoms. The molecule has 0 aliphatic carbocycles. The second-order valence-corrected chi connectivity index (χ2v) is 6.69. The van der Waals surface area contributed by atoms with E-state index in [1.807, 2.05) is 6.20 Å². The molecule has 1 aromatic carbocycles. The van der Waals surface area contributed by atoms with E-state index in [2.05, 4.69) is 44.1 Å². The van der Waals surface area contributed by atoms with Crippen molar-refractivity contribution in [2.45, 2.75) is 25.8 Å². The number of piperidine rings is 1. The predicted octanol–water partition coefficient (Wildman–Crippen LogP) is 2.99. The number of benzene rings is 1. The zero-order valence-corrected chi connectivity index (χ0v) is 13.8. The SMILES string of the molecule is Nc1nccnc1C[C@@H]1CCCN(Cc2cccc3[nH]ccc23)C1. The molecule has 1 saturated heterocycles. The third kappa shape index (κ3) is 3.12. The van der Waals surface area contributed by atoms with Crippen molar-refractivity contribution in [1.82, 2.24) is 19.9 Å². The van der Waals surface area contributed by atoms with Crippen molar-refractivity contribution in [2.24, 2.45) is 5.92 Å². The van der Waals surface area contributed by atoms with E-state index in [0.717, 1.165) is 31.7 Å². The van der Waals surface area contributed by atoms with Crippen LogP contribution in [-0.4, -0.2) is 32.9 Å². The topological polar surface area (TPSA) is 70.8 Å². The summed E-state index contributed by atoms with van der Waals surface area (Å²) in [5, 5.41) is 1.33. The summed E-state index contributed by atoms with van der Waals surface area (Å²) in [6, 6.07) is 8.68. The van der Waals surface area contributed by atoms with Gasteiger partial charge in [0.15, 0.2) is 0 Å². The van der Waals surface area contributed by atoms with E-state index in [9.17, 15) is 0 Å². The minimum atomic E-state index is 0.576. The van der Waals surface area contributed by atoms with Crippen LogP contribution in [0.1, 0.15) is 24.1 Å². The van der Waals surface area contributed by atoms with Crippen LogP contribution in [0.4, 0.5) is 5.82 Å². The average molecular weight is 321 g/mol. The van der Waals surface area contributed by atoms with Crippen LogP contribution in [0.2, 0.25) is 0 Å². The summed E-state index contributed by atoms with van der Waals surface area (Å²) in [5.41, 5.74) is 9.51. The van der Waals surface area contributed by atoms with Crippen LogP contribution in [0.3, 0.4) is 0 Å². The lowest BCUT2D eigenvalue weighted by atomic mass is 9.92. The number of nitrogens with one attached hydrogen (secondary N) is 1. The maximum absolute atomic E-state index is 5.96. The predicted molar refractivity (Wildman–Crippen MR) is 96.4 cm³/mol. The Balaban J connectivity index is 1.45. The Morgan fingerprint density at radius 3 is 3.04 bits per heavy atom. The summed E-state index contributed by atoms with van der Waals surface area (Å²) in [5.74, 6) is 1.18. The molecule has 3 heterocycles. The fourth-order valence-electron chi connectivity index (χ4n) is 3.80. The Morgan fingerprint density at radius 1 is 1.21 bits per heavy atom. The molecule has 3 aromatic rings. The summed E-state index contributed by atoms with van der Waals surface area (Å²) in [7, 11) is 0. The number of aromatic nitrogens is 3. The van der Waals surface area contributed by atoms with Crippen molar-refractivity contribution in [3.05, 3.63) is 54.1 Å². The second kappa shape index (κ2) is 6.61. The van der Waals surface area contributed by atoms with Gasteiger partial charge >= 0.3 is 0 Å². The number of likely N-dealkylation sites (tertiary alicyclic amines) is 1. The van der Waals surface area contributed by atoms with Crippen molar-refractivity contribution in [3.8, 4) is 0 Å². The minimum absolute atomic E-state index is 0.576. The van der Waals surface area contributed by atoms with Gasteiger partial charge in [-0.3, -0.25) is 9.88 Å². The van der Waals surface area contributed by atoms with Crippen LogP contribution in [0.5, 0.6) is 0 Å². The van der Waals surface area contributed by atoms with Gasteiger partial charge in [0.1, 0.15) is 5.82 Å². The second-order valence-electron chi connectivity index (χ2n) is 6.69. The first kappa shape index (κ1) is 15.1. The van der Waals surface area contributed by atoms with Crippen molar-refractivity contribution in [2.75, 3.05) is 18.8 Å². The highest BCUT2D eigenvalue weighted by atomic mass is 15.1. The van der Waals surface area contributed by atoms with Crippen LogP contribution in [0.15, 0.2) is 42.9 Å². The summed E-state index contributed by atoms with van der Waals surface area (Å²) in [4.78, 5) is 14.4. The highest BCUT2D eigenvalue weighted by Crippen LogP contribution is 2.25. The van der Waals surface area contributed by atoms with Gasteiger partial charge in [-0.1, -0.05) is 12.1 Å². The molecule has 2 aromatic heterocycles. The Kier molecular flexibility index (Phi) is 4.17. The summed E-state index contributed by atoms with van der Waals surface area (Å²) in [6.07, 6.45) is 8.80. The lowest BCUT2D eigenvalue weighted by molar-refractivity contribution is 0.167. The quantitative estimate of drug-likeness (QED) is 0.775. The molecule has 1 fully saturated rings. The molecule has 124 valence electrons. The highest BCUT2D eigenvalue weighted by molar-refractivity contribution is 5.82. The van der Waals surface area contributed by atoms with Crippen molar-refractivity contribution in [3.63, 3.8) is 0 Å². The van der Waals surface area contributed by atoms with Gasteiger partial charge < -0.3 is 10.7 Å². The van der Waals surface area contributed by atoms with Gasteiger partial charge in [0.2, 0.25) is 0 Å². The molecule has 4 rings (SSSR count). The number of nitrogens with two attached hydrogens (primary N) is 1. The van der Waals surface area contributed by atoms with Gasteiger partial charge in [-0.15, -0.1) is 0 Å². The lowest BCUT2D eigenvalue weighted by Crippen LogP contribution is -2.36. The fraction of sp³-hybridized carbons (Fsp3) is 0.368. The van der Waals surface area contributed by atoms with Crippen LogP contribution >= 0.6 is 0 Å². The molecule has 24 heavy (non-hydrogen) atoms. The van der Waals surface area contributed by atoms with Gasteiger partial charge in [-0.05, 0) is 49.4 Å². The average Bonchev–Trinajstić information content (AvgIpc) is 3.07. The molecule has 3 N–H and O–H groups in total. The summed E-state index contributed by atoms with van der Waals surface area (Å²) >= 11 is 0. The Bertz CT molecular complexity index is 825. The molecular weight excluding hydrogens is 298 g/mol. The van der Waals surface area contributed by atoms with Gasteiger partial charge in [0.25, 0.3) is 0 Å². The van der Waals surface area contributed by atoms with E-state index >= 15 is 0 Å². The van der Waals surface area contributed by atoms with Gasteiger partial charge in [-0.25, -0.2) is 4.98 Å². The maximum Gasteiger partial charge on any atom is 0.145 e. The number of fused-ring (bicyclic) bond motifs is 1. The van der Waals surface area contributed by atoms with Crippen LogP contribution in [0, 0.1) is 5.92 Å². The van der Waals surface area contributed by atoms with Crippen LogP contribution in [0.25, 0.3) is 10.9 Å². The largest absolute Gasteiger partial charge is 0.382 e. The van der Waals surface area contributed by atoms with Gasteiger partial charge in [-0.2, -0.15) is 0 Å². The first-order chi connectivity index (χ1) is 11.8. The lowest BCUT2D eigenvalue weighted by Gasteiger charge is -2.33. The van der Waals surface area contributed by atoms with Crippen LogP contribution < -0.4 is 5.73 Å². The standard InChI is InChI=1S/C19H23N5/c20-19-18(22-8-9-23-19)11-14-3-2-10-24(12-14)13-15-4-1-5-17-16(15)6-7-21-17/h1,4-9,14,21H,2-3,10-13H2,(H2,20,23)/t14-/m0/s1. The third-order valence-corrected chi connectivity index (χ3v) is 4.97. The zero-order chi connectivity index (χ0) is 16.4. The number of rotatable bonds is 4. The van der Waals surface area contributed by atoms with Gasteiger partial charge in [0.05, 0.1) is 5.69 Å². The Morgan fingerprint density at radius 2 is 2.12 bits per heavy atom. The van der Waals surface area contributed by atoms with Crippen molar-refractivity contribution < 1.29 is 0 Å². The Labute approximate surface area is 141 Å². The molecular formula is C19H23N5. The van der Waals surface area contributed by atoms with Crippen LogP contribution in [-0.2, 0) is 13.0 Å². The summed E-state index contributed by atoms with van der Waals surface area (Å²) < 4.78 is 0. The molecule has 1 atom stereocenters. The first-order valence-corrected chi connectivity index (χ1v) is 8.62. The zero-order valence-electron chi connectivity index (χ0n) is 13.8. The monoisotopic (exact) mass is 321 g/mol. The van der Waals surface area contributed by atoms with Crippen molar-refractivity contribution >= 4 is 16.7 Å². The number of hydrogen-bond acceptors (Lipinski definition) is 4. The molecule has 5 nitrogen and oxygen atoms in total. The maximum atomic E-state index is 5.96. The molecule has 0 spiro atoms. The van der Waals surface area contributed by atoms with E-state index in [0.29, 0.717) is 11.7 Å². The molecule has 1 aliphatic rings. The number of anilines is 1. The number of H-pyrrole nitrogens is 1. The number of hydrogen-bond donors (Lipinski definition) is 2. The first-order valence-electron chi connectivity index (χ1n) is 8.62. The van der Waals surface area contributed by atoms with Gasteiger partial charge in [0, 0.05) is 42.6 Å². The molecule has 0 saturated carbocycles. The number of nitrogens with zero attached hydrogens (tertiary/aromatic N) is 3. The smallest absolute Gasteiger partial charge is 0.145 e. The van der Waals surface area contributed by atoms with E-state index in [1.54, 1.807) is 12.4 Å². The normalized spacial score (nSPS) is 18.9. The molecule has 0 unspecified atom stereocenters. The molecule has 0 radical (unpaired) electrons. The molecule has 0 amide bonds. The van der Waals surface area contributed by atoms with E-state index in [1.165, 1.54) is 29.3 Å². The summed E-state index contributed by atoms with van der Waals surface area (Å²) in [6.45, 7) is 3.26. The number of aromatic amines is 1. The van der Waals surface area contributed by atoms with E-state index in [-0.39, 0.29) is 0 Å². The van der Waals surface area contributed by atoms with E-state index in [4.69, 9.17) is 5.73 Å². The third-order valence-electron chi connectivity index (χ3n) is 4.97. The number of nitrogen functional groups attached to an aromatic ring is 1. The van der Waals surface area contributed by atoms with Crippen molar-refractivity contribution in [1.29, 1.82) is 0 Å². The molecule has 1 aliphatic heterocycles. The van der Waals surface area contributed by atoms with E-state index < -0.39 is 0 Å². The highest BCUT2D eigenvalue weighted by Gasteiger charge is 2.22.